The van der Waals surface area contributed by atoms with E-state index in [2.05, 4.69) is 5.10 Å². The van der Waals surface area contributed by atoms with Gasteiger partial charge in [0, 0.05) is 29.8 Å². The molecule has 0 N–H and O–H groups in total. The molecule has 0 aliphatic carbocycles. The molecule has 1 aromatic carbocycles. The quantitative estimate of drug-likeness (QED) is 0.486. The predicted octanol–water partition coefficient (Wildman–Crippen LogP) is 3.09. The number of benzene rings is 1. The molecule has 0 aliphatic rings. The minimum atomic E-state index is -0.537. The third kappa shape index (κ3) is 3.70. The molecule has 2 aromatic heterocycles. The molecule has 0 saturated heterocycles. The van der Waals surface area contributed by atoms with Crippen molar-refractivity contribution in [3.63, 3.8) is 0 Å². The Kier molecular flexibility index (Phi) is 5.36. The summed E-state index contributed by atoms with van der Waals surface area (Å²) in [7, 11) is 1.60. The van der Waals surface area contributed by atoms with E-state index in [4.69, 9.17) is 0 Å². The van der Waals surface area contributed by atoms with E-state index in [1.807, 2.05) is 18.4 Å². The van der Waals surface area contributed by atoms with E-state index >= 15 is 0 Å². The molecule has 28 heavy (non-hydrogen) atoms. The Morgan fingerprint density at radius 1 is 1.29 bits per heavy atom. The largest absolute Gasteiger partial charge is 0.335 e. The lowest BCUT2D eigenvalue weighted by atomic mass is 10.2. The number of para-hydroxylation sites is 2. The molecule has 0 atom stereocenters. The van der Waals surface area contributed by atoms with Crippen molar-refractivity contribution >= 4 is 22.9 Å². The topological polar surface area (TPSA) is 98.3 Å². The van der Waals surface area contributed by atoms with Gasteiger partial charge >= 0.3 is 0 Å². The smallest absolute Gasteiger partial charge is 0.294 e. The number of nitro benzene ring substituents is 1. The Hall–Kier alpha value is -3.33. The second-order valence-corrected chi connectivity index (χ2v) is 7.34. The molecule has 0 bridgehead atoms. The molecule has 144 valence electrons. The lowest BCUT2D eigenvalue weighted by molar-refractivity contribution is -0.384. The van der Waals surface area contributed by atoms with Crippen molar-refractivity contribution < 1.29 is 9.72 Å². The molecule has 0 radical (unpaired) electrons. The molecule has 0 fully saturated rings. The van der Waals surface area contributed by atoms with Crippen LogP contribution in [-0.2, 0) is 6.54 Å². The van der Waals surface area contributed by atoms with Crippen LogP contribution in [0.15, 0.2) is 46.6 Å². The van der Waals surface area contributed by atoms with Gasteiger partial charge in [-0.25, -0.2) is 4.68 Å². The average Bonchev–Trinajstić information content (AvgIpc) is 3.06. The summed E-state index contributed by atoms with van der Waals surface area (Å²) in [5.74, 6) is -0.537. The van der Waals surface area contributed by atoms with Crippen LogP contribution in [0.1, 0.15) is 26.6 Å². The zero-order valence-electron chi connectivity index (χ0n) is 15.6. The first-order valence-electron chi connectivity index (χ1n) is 8.42. The summed E-state index contributed by atoms with van der Waals surface area (Å²) in [5, 5.41) is 17.4. The molecule has 9 heteroatoms. The Morgan fingerprint density at radius 2 is 2.00 bits per heavy atom. The van der Waals surface area contributed by atoms with E-state index in [0.717, 1.165) is 10.4 Å². The standard InChI is InChI=1S/C19H18N4O4S/c1-12-8-9-28-17(12)11-21(3)19(25)18-16(24)10-13(2)22(20-18)14-6-4-5-7-15(14)23(26)27/h4-10H,11H2,1-3H3. The van der Waals surface area contributed by atoms with Gasteiger partial charge in [0.1, 0.15) is 5.69 Å². The number of carbonyl (C=O) groups is 1. The normalized spacial score (nSPS) is 10.7. The molecular weight excluding hydrogens is 380 g/mol. The van der Waals surface area contributed by atoms with Crippen molar-refractivity contribution in [2.45, 2.75) is 20.4 Å². The van der Waals surface area contributed by atoms with Gasteiger partial charge in [0.2, 0.25) is 5.43 Å². The third-order valence-corrected chi connectivity index (χ3v) is 5.32. The summed E-state index contributed by atoms with van der Waals surface area (Å²) in [4.78, 5) is 38.5. The van der Waals surface area contributed by atoms with Crippen LogP contribution in [0.4, 0.5) is 5.69 Å². The van der Waals surface area contributed by atoms with Crippen molar-refractivity contribution in [3.8, 4) is 5.69 Å². The Balaban J connectivity index is 2.03. The Labute approximate surface area is 164 Å². The lowest BCUT2D eigenvalue weighted by Crippen LogP contribution is -2.33. The number of amides is 1. The summed E-state index contributed by atoms with van der Waals surface area (Å²) < 4.78 is 1.26. The van der Waals surface area contributed by atoms with Crippen molar-refractivity contribution in [2.24, 2.45) is 0 Å². The maximum atomic E-state index is 12.8. The van der Waals surface area contributed by atoms with E-state index in [9.17, 15) is 19.7 Å². The SMILES string of the molecule is Cc1ccsc1CN(C)C(=O)c1nn(-c2ccccc2[N+](=O)[O-])c(C)cc1=O. The zero-order valence-corrected chi connectivity index (χ0v) is 16.4. The van der Waals surface area contributed by atoms with E-state index < -0.39 is 16.3 Å². The summed E-state index contributed by atoms with van der Waals surface area (Å²) in [6.07, 6.45) is 0. The first kappa shape index (κ1) is 19.4. The number of nitro groups is 1. The summed E-state index contributed by atoms with van der Waals surface area (Å²) >= 11 is 1.53. The number of rotatable bonds is 5. The molecule has 8 nitrogen and oxygen atoms in total. The molecule has 2 heterocycles. The second kappa shape index (κ2) is 7.73. The molecule has 3 rings (SSSR count). The summed E-state index contributed by atoms with van der Waals surface area (Å²) in [6.45, 7) is 3.91. The van der Waals surface area contributed by atoms with Gasteiger partial charge in [-0.1, -0.05) is 12.1 Å². The van der Waals surface area contributed by atoms with Gasteiger partial charge in [-0.3, -0.25) is 19.7 Å². The maximum Gasteiger partial charge on any atom is 0.294 e. The number of carbonyl (C=O) groups excluding carboxylic acids is 1. The van der Waals surface area contributed by atoms with Crippen LogP contribution < -0.4 is 5.43 Å². The molecule has 0 saturated carbocycles. The first-order valence-corrected chi connectivity index (χ1v) is 9.30. The van der Waals surface area contributed by atoms with Crippen LogP contribution >= 0.6 is 11.3 Å². The summed E-state index contributed by atoms with van der Waals surface area (Å²) in [5.41, 5.74) is 0.692. The van der Waals surface area contributed by atoms with E-state index in [0.29, 0.717) is 12.2 Å². The monoisotopic (exact) mass is 398 g/mol. The van der Waals surface area contributed by atoms with Gasteiger partial charge < -0.3 is 4.90 Å². The van der Waals surface area contributed by atoms with Crippen molar-refractivity contribution in [1.82, 2.24) is 14.7 Å². The maximum absolute atomic E-state index is 12.8. The molecule has 3 aromatic rings. The van der Waals surface area contributed by atoms with Crippen LogP contribution in [0.5, 0.6) is 0 Å². The van der Waals surface area contributed by atoms with Crippen LogP contribution in [0.25, 0.3) is 5.69 Å². The van der Waals surface area contributed by atoms with Gasteiger partial charge in [-0.15, -0.1) is 11.3 Å². The van der Waals surface area contributed by atoms with Crippen molar-refractivity contribution in [1.29, 1.82) is 0 Å². The first-order chi connectivity index (χ1) is 13.3. The number of hydrogen-bond donors (Lipinski definition) is 0. The van der Waals surface area contributed by atoms with E-state index in [-0.39, 0.29) is 17.1 Å². The highest BCUT2D eigenvalue weighted by atomic mass is 32.1. The molecule has 1 amide bonds. The Morgan fingerprint density at radius 3 is 2.64 bits per heavy atom. The fourth-order valence-corrected chi connectivity index (χ4v) is 3.73. The highest BCUT2D eigenvalue weighted by Gasteiger charge is 2.22. The van der Waals surface area contributed by atoms with Crippen LogP contribution in [0, 0.1) is 24.0 Å². The number of aryl methyl sites for hydroxylation is 2. The fraction of sp³-hybridized carbons (Fsp3) is 0.211. The van der Waals surface area contributed by atoms with Gasteiger partial charge in [-0.2, -0.15) is 5.10 Å². The van der Waals surface area contributed by atoms with Gasteiger partial charge in [0.25, 0.3) is 11.6 Å². The highest BCUT2D eigenvalue weighted by Crippen LogP contribution is 2.22. The van der Waals surface area contributed by atoms with Crippen molar-refractivity contribution in [2.75, 3.05) is 7.05 Å². The Bertz CT molecular complexity index is 1120. The van der Waals surface area contributed by atoms with E-state index in [1.165, 1.54) is 39.1 Å². The predicted molar refractivity (Wildman–Crippen MR) is 106 cm³/mol. The average molecular weight is 398 g/mol. The molecular formula is C19H18N4O4S. The van der Waals surface area contributed by atoms with Gasteiger partial charge in [-0.05, 0) is 36.9 Å². The van der Waals surface area contributed by atoms with E-state index in [1.54, 1.807) is 26.1 Å². The van der Waals surface area contributed by atoms with Crippen LogP contribution in [0.3, 0.4) is 0 Å². The minimum absolute atomic E-state index is 0.164. The van der Waals surface area contributed by atoms with Gasteiger partial charge in [0.05, 0.1) is 11.5 Å². The molecule has 0 aliphatic heterocycles. The third-order valence-electron chi connectivity index (χ3n) is 4.31. The number of hydrogen-bond acceptors (Lipinski definition) is 6. The summed E-state index contributed by atoms with van der Waals surface area (Å²) in [6, 6.07) is 9.28. The number of aromatic nitrogens is 2. The number of thiophene rings is 1. The zero-order chi connectivity index (χ0) is 20.4. The molecule has 0 unspecified atom stereocenters. The van der Waals surface area contributed by atoms with Crippen LogP contribution in [-0.4, -0.2) is 32.6 Å². The number of nitrogens with zero attached hydrogens (tertiary/aromatic N) is 4. The van der Waals surface area contributed by atoms with Crippen molar-refractivity contribution in [3.05, 3.63) is 83.9 Å². The van der Waals surface area contributed by atoms with Gasteiger partial charge in [0.15, 0.2) is 5.69 Å². The fourth-order valence-electron chi connectivity index (χ4n) is 2.77. The minimum Gasteiger partial charge on any atom is -0.335 e. The highest BCUT2D eigenvalue weighted by molar-refractivity contribution is 7.10. The lowest BCUT2D eigenvalue weighted by Gasteiger charge is -2.17. The second-order valence-electron chi connectivity index (χ2n) is 6.34. The molecule has 0 spiro atoms. The van der Waals surface area contributed by atoms with Crippen LogP contribution in [0.2, 0.25) is 0 Å².